The number of rotatable bonds is 2. The van der Waals surface area contributed by atoms with Crippen molar-refractivity contribution in [3.8, 4) is 0 Å². The maximum absolute atomic E-state index is 12.7. The molecule has 2 fully saturated rings. The third kappa shape index (κ3) is 1.95. The smallest absolute Gasteiger partial charge is 0.225 e. The van der Waals surface area contributed by atoms with Crippen LogP contribution in [-0.4, -0.2) is 22.4 Å². The van der Waals surface area contributed by atoms with Crippen molar-refractivity contribution >= 4 is 5.91 Å². The van der Waals surface area contributed by atoms with Gasteiger partial charge in [-0.15, -0.1) is 0 Å². The first-order valence-corrected chi connectivity index (χ1v) is 7.73. The van der Waals surface area contributed by atoms with Gasteiger partial charge in [0.25, 0.3) is 0 Å². The summed E-state index contributed by atoms with van der Waals surface area (Å²) < 4.78 is 6.23. The zero-order valence-electron chi connectivity index (χ0n) is 12.3. The predicted molar refractivity (Wildman–Crippen MR) is 81.7 cm³/mol. The number of carbonyl (C=O) groups excluding carboxylic acids is 1. The van der Waals surface area contributed by atoms with Crippen LogP contribution in [0.5, 0.6) is 0 Å². The van der Waals surface area contributed by atoms with Gasteiger partial charge in [-0.25, -0.2) is 0 Å². The van der Waals surface area contributed by atoms with E-state index in [1.54, 1.807) is 6.20 Å². The van der Waals surface area contributed by atoms with Gasteiger partial charge in [0.05, 0.1) is 12.6 Å². The normalized spacial score (nSPS) is 27.7. The van der Waals surface area contributed by atoms with E-state index >= 15 is 0 Å². The Morgan fingerprint density at radius 2 is 2.05 bits per heavy atom. The lowest BCUT2D eigenvalue weighted by atomic mass is 9.90. The van der Waals surface area contributed by atoms with Crippen molar-refractivity contribution in [2.24, 2.45) is 0 Å². The summed E-state index contributed by atoms with van der Waals surface area (Å²) in [7, 11) is 0. The minimum absolute atomic E-state index is 0.0193. The van der Waals surface area contributed by atoms with Crippen molar-refractivity contribution < 1.29 is 9.53 Å². The molecule has 1 amide bonds. The first-order chi connectivity index (χ1) is 10.8. The first kappa shape index (κ1) is 13.5. The van der Waals surface area contributed by atoms with Gasteiger partial charge in [0.15, 0.2) is 5.72 Å². The second-order valence-electron chi connectivity index (χ2n) is 5.88. The summed E-state index contributed by atoms with van der Waals surface area (Å²) in [5.74, 6) is 0.168. The molecule has 112 valence electrons. The van der Waals surface area contributed by atoms with Crippen LogP contribution in [0.25, 0.3) is 0 Å². The average Bonchev–Trinajstić information content (AvgIpc) is 2.99. The van der Waals surface area contributed by atoms with Gasteiger partial charge in [-0.2, -0.15) is 0 Å². The van der Waals surface area contributed by atoms with Gasteiger partial charge in [0, 0.05) is 30.8 Å². The molecule has 2 aliphatic rings. The number of ether oxygens (including phenoxy) is 1. The van der Waals surface area contributed by atoms with Crippen LogP contribution < -0.4 is 0 Å². The molecule has 4 nitrogen and oxygen atoms in total. The molecule has 1 aromatic carbocycles. The highest BCUT2D eigenvalue weighted by atomic mass is 16.5. The van der Waals surface area contributed by atoms with Crippen LogP contribution in [0.15, 0.2) is 54.9 Å². The third-order valence-electron chi connectivity index (χ3n) is 4.65. The quantitative estimate of drug-likeness (QED) is 0.855. The number of benzene rings is 1. The van der Waals surface area contributed by atoms with Gasteiger partial charge in [-0.05, 0) is 18.1 Å². The van der Waals surface area contributed by atoms with E-state index in [0.717, 1.165) is 24.0 Å². The highest BCUT2D eigenvalue weighted by Gasteiger charge is 2.53. The number of amides is 1. The number of hydrogen-bond acceptors (Lipinski definition) is 3. The predicted octanol–water partition coefficient (Wildman–Crippen LogP) is 3.02. The maximum atomic E-state index is 12.7. The molecule has 0 bridgehead atoms. The monoisotopic (exact) mass is 294 g/mol. The van der Waals surface area contributed by atoms with Crippen LogP contribution >= 0.6 is 0 Å². The van der Waals surface area contributed by atoms with Gasteiger partial charge in [0.2, 0.25) is 5.91 Å². The fraction of sp³-hybridized carbons (Fsp3) is 0.333. The van der Waals surface area contributed by atoms with Crippen LogP contribution in [0.1, 0.15) is 36.4 Å². The Bertz CT molecular complexity index is 674. The lowest BCUT2D eigenvalue weighted by Gasteiger charge is -2.42. The van der Waals surface area contributed by atoms with E-state index in [0.29, 0.717) is 13.0 Å². The Morgan fingerprint density at radius 3 is 2.82 bits per heavy atom. The van der Waals surface area contributed by atoms with Gasteiger partial charge in [-0.1, -0.05) is 36.4 Å². The number of carbonyl (C=O) groups is 1. The second kappa shape index (κ2) is 5.21. The molecule has 2 aromatic rings. The summed E-state index contributed by atoms with van der Waals surface area (Å²) in [6.45, 7) is 0.532. The number of pyridine rings is 1. The van der Waals surface area contributed by atoms with Gasteiger partial charge in [0.1, 0.15) is 0 Å². The summed E-state index contributed by atoms with van der Waals surface area (Å²) in [4.78, 5) is 18.8. The van der Waals surface area contributed by atoms with Crippen molar-refractivity contribution in [3.63, 3.8) is 0 Å². The SMILES string of the molecule is O=C1CCC[C@]2(c3cccnc3)OC[C@@H](c3ccccc3)N12. The molecule has 0 saturated carbocycles. The molecule has 2 atom stereocenters. The van der Waals surface area contributed by atoms with Crippen molar-refractivity contribution in [2.45, 2.75) is 31.0 Å². The molecule has 4 rings (SSSR count). The molecule has 0 spiro atoms. The summed E-state index contributed by atoms with van der Waals surface area (Å²) in [6, 6.07) is 14.0. The zero-order chi connectivity index (χ0) is 15.0. The molecular weight excluding hydrogens is 276 g/mol. The average molecular weight is 294 g/mol. The number of hydrogen-bond donors (Lipinski definition) is 0. The van der Waals surface area contributed by atoms with E-state index in [2.05, 4.69) is 17.1 Å². The molecule has 22 heavy (non-hydrogen) atoms. The highest BCUT2D eigenvalue weighted by molar-refractivity contribution is 5.79. The van der Waals surface area contributed by atoms with E-state index < -0.39 is 5.72 Å². The Kier molecular flexibility index (Phi) is 3.19. The van der Waals surface area contributed by atoms with Gasteiger partial charge in [-0.3, -0.25) is 9.78 Å². The molecule has 0 N–H and O–H groups in total. The molecule has 0 unspecified atom stereocenters. The topological polar surface area (TPSA) is 42.4 Å². The van der Waals surface area contributed by atoms with Gasteiger partial charge >= 0.3 is 0 Å². The van der Waals surface area contributed by atoms with Crippen LogP contribution in [0, 0.1) is 0 Å². The van der Waals surface area contributed by atoms with Crippen LogP contribution in [-0.2, 0) is 15.3 Å². The molecule has 1 aromatic heterocycles. The van der Waals surface area contributed by atoms with E-state index in [4.69, 9.17) is 4.74 Å². The van der Waals surface area contributed by atoms with Crippen LogP contribution in [0.2, 0.25) is 0 Å². The number of nitrogens with zero attached hydrogens (tertiary/aromatic N) is 2. The molecule has 0 aliphatic carbocycles. The Balaban J connectivity index is 1.80. The van der Waals surface area contributed by atoms with Gasteiger partial charge < -0.3 is 9.64 Å². The lowest BCUT2D eigenvalue weighted by Crippen LogP contribution is -2.49. The molecular formula is C18H18N2O2. The van der Waals surface area contributed by atoms with Crippen LogP contribution in [0.3, 0.4) is 0 Å². The third-order valence-corrected chi connectivity index (χ3v) is 4.65. The number of fused-ring (bicyclic) bond motifs is 1. The Labute approximate surface area is 129 Å². The first-order valence-electron chi connectivity index (χ1n) is 7.73. The summed E-state index contributed by atoms with van der Waals surface area (Å²) >= 11 is 0. The Hall–Kier alpha value is -2.20. The molecule has 2 aliphatic heterocycles. The summed E-state index contributed by atoms with van der Waals surface area (Å²) in [5, 5.41) is 0. The highest BCUT2D eigenvalue weighted by Crippen LogP contribution is 2.49. The zero-order valence-corrected chi connectivity index (χ0v) is 12.3. The lowest BCUT2D eigenvalue weighted by molar-refractivity contribution is -0.163. The van der Waals surface area contributed by atoms with E-state index in [9.17, 15) is 4.79 Å². The van der Waals surface area contributed by atoms with Crippen molar-refractivity contribution in [3.05, 3.63) is 66.0 Å². The largest absolute Gasteiger partial charge is 0.349 e. The fourth-order valence-corrected chi connectivity index (χ4v) is 3.66. The van der Waals surface area contributed by atoms with Crippen LogP contribution in [0.4, 0.5) is 0 Å². The van der Waals surface area contributed by atoms with Crippen molar-refractivity contribution in [2.75, 3.05) is 6.61 Å². The summed E-state index contributed by atoms with van der Waals surface area (Å²) in [5.41, 5.74) is 1.45. The van der Waals surface area contributed by atoms with E-state index in [1.165, 1.54) is 0 Å². The summed E-state index contributed by atoms with van der Waals surface area (Å²) in [6.07, 6.45) is 5.84. The fourth-order valence-electron chi connectivity index (χ4n) is 3.66. The molecule has 4 heteroatoms. The van der Waals surface area contributed by atoms with E-state index in [1.807, 2.05) is 41.4 Å². The van der Waals surface area contributed by atoms with Crippen molar-refractivity contribution in [1.29, 1.82) is 0 Å². The Morgan fingerprint density at radius 1 is 1.18 bits per heavy atom. The minimum Gasteiger partial charge on any atom is -0.349 e. The second-order valence-corrected chi connectivity index (χ2v) is 5.88. The molecule has 3 heterocycles. The standard InChI is InChI=1S/C18H18N2O2/c21-17-9-4-10-18(15-8-5-11-19-12-15)20(17)16(13-22-18)14-6-2-1-3-7-14/h1-3,5-8,11-12,16H,4,9-10,13H2/t16-,18+/m0/s1. The maximum Gasteiger partial charge on any atom is 0.225 e. The number of aromatic nitrogens is 1. The molecule has 0 radical (unpaired) electrons. The van der Waals surface area contributed by atoms with E-state index in [-0.39, 0.29) is 11.9 Å². The minimum atomic E-state index is -0.649. The number of piperidine rings is 1. The molecule has 2 saturated heterocycles. The van der Waals surface area contributed by atoms with Crippen molar-refractivity contribution in [1.82, 2.24) is 9.88 Å².